The fraction of sp³-hybridized carbons (Fsp3) is 0.318. The number of ether oxygens (including phenoxy) is 1. The number of carbonyl (C=O) groups is 1. The second-order valence-corrected chi connectivity index (χ2v) is 8.32. The Labute approximate surface area is 181 Å². The van der Waals surface area contributed by atoms with Crippen LogP contribution in [0.3, 0.4) is 0 Å². The molecule has 31 heavy (non-hydrogen) atoms. The summed E-state index contributed by atoms with van der Waals surface area (Å²) < 4.78 is 9.65. The summed E-state index contributed by atoms with van der Waals surface area (Å²) in [6.45, 7) is 3.37. The van der Waals surface area contributed by atoms with E-state index in [4.69, 9.17) is 4.74 Å². The number of carbonyl (C=O) groups excluding carboxylic acids is 1. The van der Waals surface area contributed by atoms with Gasteiger partial charge in [0.15, 0.2) is 0 Å². The van der Waals surface area contributed by atoms with Gasteiger partial charge >= 0.3 is 11.7 Å². The highest BCUT2D eigenvalue weighted by molar-refractivity contribution is 7.20. The summed E-state index contributed by atoms with van der Waals surface area (Å²) in [4.78, 5) is 39.4. The van der Waals surface area contributed by atoms with E-state index < -0.39 is 17.2 Å². The largest absolute Gasteiger partial charge is 0.462 e. The number of aromatic nitrogens is 3. The van der Waals surface area contributed by atoms with E-state index in [-0.39, 0.29) is 26.3 Å². The SMILES string of the molecule is CCOC(=O)c1sc2c(c1C)c(=O)n(CCO)c(=O)n2Cc1ccc2ccn(C)c2c1. The number of nitrogens with zero attached hydrogens (tertiary/aromatic N) is 3. The number of rotatable bonds is 6. The van der Waals surface area contributed by atoms with Gasteiger partial charge in [-0.1, -0.05) is 12.1 Å². The molecule has 162 valence electrons. The molecular weight excluding hydrogens is 418 g/mol. The highest BCUT2D eigenvalue weighted by Gasteiger charge is 2.24. The quantitative estimate of drug-likeness (QED) is 0.463. The minimum atomic E-state index is -0.518. The van der Waals surface area contributed by atoms with Gasteiger partial charge in [0.05, 0.1) is 31.7 Å². The molecule has 0 aliphatic heterocycles. The van der Waals surface area contributed by atoms with Crippen LogP contribution in [0.25, 0.3) is 21.1 Å². The molecule has 0 spiro atoms. The Kier molecular flexibility index (Phi) is 5.55. The molecule has 4 aromatic rings. The van der Waals surface area contributed by atoms with Crippen molar-refractivity contribution in [2.75, 3.05) is 13.2 Å². The van der Waals surface area contributed by atoms with Crippen molar-refractivity contribution in [2.45, 2.75) is 26.9 Å². The first kappa shape index (κ1) is 21.1. The van der Waals surface area contributed by atoms with Crippen molar-refractivity contribution in [1.82, 2.24) is 13.7 Å². The van der Waals surface area contributed by atoms with E-state index in [9.17, 15) is 19.5 Å². The predicted molar refractivity (Wildman–Crippen MR) is 120 cm³/mol. The van der Waals surface area contributed by atoms with Crippen LogP contribution >= 0.6 is 11.3 Å². The molecule has 0 amide bonds. The lowest BCUT2D eigenvalue weighted by molar-refractivity contribution is 0.0531. The van der Waals surface area contributed by atoms with E-state index in [0.717, 1.165) is 32.4 Å². The average Bonchev–Trinajstić information content (AvgIpc) is 3.29. The third-order valence-electron chi connectivity index (χ3n) is 5.37. The molecule has 3 heterocycles. The zero-order valence-electron chi connectivity index (χ0n) is 17.5. The van der Waals surface area contributed by atoms with Gasteiger partial charge in [-0.15, -0.1) is 11.3 Å². The van der Waals surface area contributed by atoms with Gasteiger partial charge in [0.2, 0.25) is 0 Å². The number of aryl methyl sites for hydroxylation is 2. The zero-order valence-corrected chi connectivity index (χ0v) is 18.4. The lowest BCUT2D eigenvalue weighted by atomic mass is 10.1. The Bertz CT molecular complexity index is 1420. The average molecular weight is 442 g/mol. The molecule has 1 aromatic carbocycles. The van der Waals surface area contributed by atoms with E-state index in [1.165, 1.54) is 4.57 Å². The monoisotopic (exact) mass is 441 g/mol. The van der Waals surface area contributed by atoms with Crippen molar-refractivity contribution in [3.63, 3.8) is 0 Å². The molecule has 1 N–H and O–H groups in total. The minimum absolute atomic E-state index is 0.117. The fourth-order valence-corrected chi connectivity index (χ4v) is 5.00. The van der Waals surface area contributed by atoms with E-state index in [1.54, 1.807) is 13.8 Å². The van der Waals surface area contributed by atoms with Crippen LogP contribution in [-0.4, -0.2) is 38.0 Å². The molecule has 0 fully saturated rings. The molecule has 0 unspecified atom stereocenters. The van der Waals surface area contributed by atoms with Gasteiger partial charge in [-0.25, -0.2) is 9.59 Å². The molecule has 0 atom stereocenters. The highest BCUT2D eigenvalue weighted by atomic mass is 32.1. The summed E-state index contributed by atoms with van der Waals surface area (Å²) in [6, 6.07) is 7.94. The first-order valence-corrected chi connectivity index (χ1v) is 10.8. The smallest absolute Gasteiger partial charge is 0.348 e. The Morgan fingerprint density at radius 1 is 1.19 bits per heavy atom. The van der Waals surface area contributed by atoms with Crippen LogP contribution in [0.5, 0.6) is 0 Å². The first-order valence-electron chi connectivity index (χ1n) is 9.96. The van der Waals surface area contributed by atoms with Crippen molar-refractivity contribution < 1.29 is 14.6 Å². The summed E-state index contributed by atoms with van der Waals surface area (Å²) in [6.07, 6.45) is 1.97. The van der Waals surface area contributed by atoms with Gasteiger partial charge in [-0.3, -0.25) is 13.9 Å². The minimum Gasteiger partial charge on any atom is -0.462 e. The third kappa shape index (κ3) is 3.49. The number of hydrogen-bond donors (Lipinski definition) is 1. The normalized spacial score (nSPS) is 11.5. The van der Waals surface area contributed by atoms with Crippen molar-refractivity contribution in [1.29, 1.82) is 0 Å². The molecule has 0 saturated carbocycles. The lowest BCUT2D eigenvalue weighted by Gasteiger charge is -2.12. The maximum absolute atomic E-state index is 13.2. The molecule has 4 rings (SSSR count). The molecule has 9 heteroatoms. The Hall–Kier alpha value is -3.17. The van der Waals surface area contributed by atoms with Gasteiger partial charge in [-0.2, -0.15) is 0 Å². The number of aliphatic hydroxyl groups is 1. The van der Waals surface area contributed by atoms with Crippen LogP contribution in [0.4, 0.5) is 0 Å². The van der Waals surface area contributed by atoms with Crippen LogP contribution in [0.2, 0.25) is 0 Å². The molecule has 0 aliphatic carbocycles. The molecule has 3 aromatic heterocycles. The number of esters is 1. The van der Waals surface area contributed by atoms with Gasteiger partial charge in [-0.05, 0) is 42.5 Å². The predicted octanol–water partition coefficient (Wildman–Crippen LogP) is 2.24. The maximum Gasteiger partial charge on any atom is 0.348 e. The highest BCUT2D eigenvalue weighted by Crippen LogP contribution is 2.29. The van der Waals surface area contributed by atoms with E-state index in [0.29, 0.717) is 20.7 Å². The zero-order chi connectivity index (χ0) is 22.3. The maximum atomic E-state index is 13.2. The van der Waals surface area contributed by atoms with Crippen molar-refractivity contribution in [3.8, 4) is 0 Å². The summed E-state index contributed by atoms with van der Waals surface area (Å²) in [5, 5.41) is 10.8. The molecule has 0 bridgehead atoms. The summed E-state index contributed by atoms with van der Waals surface area (Å²) in [7, 11) is 1.95. The number of fused-ring (bicyclic) bond motifs is 2. The van der Waals surface area contributed by atoms with Crippen LogP contribution in [0.1, 0.15) is 27.7 Å². The molecule has 8 nitrogen and oxygen atoms in total. The van der Waals surface area contributed by atoms with Crippen LogP contribution in [-0.2, 0) is 24.9 Å². The van der Waals surface area contributed by atoms with Crippen molar-refractivity contribution >= 4 is 38.4 Å². The van der Waals surface area contributed by atoms with Crippen molar-refractivity contribution in [2.24, 2.45) is 7.05 Å². The van der Waals surface area contributed by atoms with E-state index in [2.05, 4.69) is 0 Å². The number of benzene rings is 1. The van der Waals surface area contributed by atoms with Gasteiger partial charge < -0.3 is 14.4 Å². The summed E-state index contributed by atoms with van der Waals surface area (Å²) >= 11 is 1.09. The Morgan fingerprint density at radius 3 is 2.68 bits per heavy atom. The lowest BCUT2D eigenvalue weighted by Crippen LogP contribution is -2.40. The van der Waals surface area contributed by atoms with Crippen molar-refractivity contribution in [3.05, 3.63) is 67.3 Å². The summed E-state index contributed by atoms with van der Waals surface area (Å²) in [5.41, 5.74) is 1.38. The molecular formula is C22H23N3O5S. The van der Waals surface area contributed by atoms with Gasteiger partial charge in [0.25, 0.3) is 5.56 Å². The van der Waals surface area contributed by atoms with Crippen LogP contribution < -0.4 is 11.2 Å². The second kappa shape index (κ2) is 8.16. The first-order chi connectivity index (χ1) is 14.9. The summed E-state index contributed by atoms with van der Waals surface area (Å²) in [5.74, 6) is -0.515. The Morgan fingerprint density at radius 2 is 1.97 bits per heavy atom. The fourth-order valence-electron chi connectivity index (χ4n) is 3.81. The molecule has 0 aliphatic rings. The molecule has 0 saturated heterocycles. The van der Waals surface area contributed by atoms with Crippen LogP contribution in [0.15, 0.2) is 40.1 Å². The topological polar surface area (TPSA) is 95.5 Å². The number of thiophene rings is 1. The second-order valence-electron chi connectivity index (χ2n) is 7.33. The number of hydrogen-bond acceptors (Lipinski definition) is 6. The van der Waals surface area contributed by atoms with Gasteiger partial charge in [0, 0.05) is 18.8 Å². The van der Waals surface area contributed by atoms with Crippen LogP contribution in [0, 0.1) is 6.92 Å². The standard InChI is InChI=1S/C22H23N3O5S/c1-4-30-21(28)18-13(2)17-19(27)24(9-10-26)22(29)25(20(17)31-18)12-14-5-6-15-7-8-23(3)16(15)11-14/h5-8,11,26H,4,9-10,12H2,1-3H3. The van der Waals surface area contributed by atoms with E-state index >= 15 is 0 Å². The molecule has 0 radical (unpaired) electrons. The third-order valence-corrected chi connectivity index (χ3v) is 6.67. The van der Waals surface area contributed by atoms with E-state index in [1.807, 2.05) is 42.1 Å². The Balaban J connectivity index is 1.96. The van der Waals surface area contributed by atoms with Gasteiger partial charge in [0.1, 0.15) is 9.71 Å². The number of aliphatic hydroxyl groups excluding tert-OH is 1.